The molecule has 0 aromatic rings. The highest BCUT2D eigenvalue weighted by Gasteiger charge is 2.51. The minimum atomic E-state index is 0.577. The van der Waals surface area contributed by atoms with Crippen LogP contribution in [0.4, 0.5) is 0 Å². The predicted octanol–water partition coefficient (Wildman–Crippen LogP) is 2.58. The number of hydrogen-bond donors (Lipinski definition) is 1. The Balaban J connectivity index is 1.70. The van der Waals surface area contributed by atoms with E-state index < -0.39 is 0 Å². The number of hydrogen-bond acceptors (Lipinski definition) is 2. The summed E-state index contributed by atoms with van der Waals surface area (Å²) in [6.07, 6.45) is 10.5. The molecule has 3 aliphatic rings. The number of fused-ring (bicyclic) bond motifs is 2. The van der Waals surface area contributed by atoms with Crippen molar-refractivity contribution in [3.63, 3.8) is 0 Å². The van der Waals surface area contributed by atoms with Crippen molar-refractivity contribution in [3.05, 3.63) is 0 Å². The molecule has 2 aliphatic carbocycles. The van der Waals surface area contributed by atoms with Crippen LogP contribution in [0, 0.1) is 17.3 Å². The molecule has 0 spiro atoms. The molecule has 0 amide bonds. The van der Waals surface area contributed by atoms with Gasteiger partial charge in [-0.25, -0.2) is 0 Å². The minimum Gasteiger partial charge on any atom is -0.378 e. The van der Waals surface area contributed by atoms with Gasteiger partial charge >= 0.3 is 0 Å². The van der Waals surface area contributed by atoms with Crippen LogP contribution in [0.25, 0.3) is 0 Å². The van der Waals surface area contributed by atoms with E-state index in [9.17, 15) is 0 Å². The molecule has 0 aromatic carbocycles. The Labute approximate surface area is 99.1 Å². The molecular formula is C14H25NO. The van der Waals surface area contributed by atoms with E-state index in [-0.39, 0.29) is 0 Å². The second kappa shape index (κ2) is 4.30. The Morgan fingerprint density at radius 3 is 2.81 bits per heavy atom. The van der Waals surface area contributed by atoms with E-state index in [1.165, 1.54) is 51.5 Å². The van der Waals surface area contributed by atoms with Crippen LogP contribution in [0.3, 0.4) is 0 Å². The van der Waals surface area contributed by atoms with Gasteiger partial charge < -0.3 is 10.1 Å². The maximum atomic E-state index is 5.87. The molecule has 2 saturated carbocycles. The van der Waals surface area contributed by atoms with Gasteiger partial charge in [0.25, 0.3) is 0 Å². The third-order valence-electron chi connectivity index (χ3n) is 5.29. The Kier molecular flexibility index (Phi) is 2.97. The van der Waals surface area contributed by atoms with Gasteiger partial charge in [-0.05, 0) is 62.8 Å². The Hall–Kier alpha value is -0.0800. The second-order valence-corrected chi connectivity index (χ2v) is 6.31. The fraction of sp³-hybridized carbons (Fsp3) is 1.00. The predicted molar refractivity (Wildman–Crippen MR) is 65.4 cm³/mol. The van der Waals surface area contributed by atoms with E-state index in [4.69, 9.17) is 4.74 Å². The molecule has 3 rings (SSSR count). The number of rotatable bonds is 4. The van der Waals surface area contributed by atoms with Crippen molar-refractivity contribution in [1.82, 2.24) is 5.32 Å². The van der Waals surface area contributed by atoms with Crippen molar-refractivity contribution in [1.29, 1.82) is 0 Å². The van der Waals surface area contributed by atoms with Crippen LogP contribution >= 0.6 is 0 Å². The zero-order valence-electron chi connectivity index (χ0n) is 10.5. The van der Waals surface area contributed by atoms with Crippen LogP contribution < -0.4 is 5.32 Å². The van der Waals surface area contributed by atoms with Gasteiger partial charge in [0, 0.05) is 13.2 Å². The lowest BCUT2D eigenvalue weighted by Gasteiger charge is -2.39. The van der Waals surface area contributed by atoms with Gasteiger partial charge in [-0.3, -0.25) is 0 Å². The molecule has 16 heavy (non-hydrogen) atoms. The van der Waals surface area contributed by atoms with Gasteiger partial charge in [-0.2, -0.15) is 0 Å². The van der Waals surface area contributed by atoms with Crippen LogP contribution in [0.2, 0.25) is 0 Å². The van der Waals surface area contributed by atoms with E-state index in [0.29, 0.717) is 11.5 Å². The molecular weight excluding hydrogens is 198 g/mol. The van der Waals surface area contributed by atoms with Gasteiger partial charge in [0.15, 0.2) is 0 Å². The summed E-state index contributed by atoms with van der Waals surface area (Å²) < 4.78 is 5.87. The quantitative estimate of drug-likeness (QED) is 0.791. The topological polar surface area (TPSA) is 21.3 Å². The van der Waals surface area contributed by atoms with Crippen LogP contribution in [-0.2, 0) is 4.74 Å². The highest BCUT2D eigenvalue weighted by atomic mass is 16.5. The monoisotopic (exact) mass is 223 g/mol. The first-order valence-electron chi connectivity index (χ1n) is 7.09. The van der Waals surface area contributed by atoms with Crippen molar-refractivity contribution < 1.29 is 4.74 Å². The summed E-state index contributed by atoms with van der Waals surface area (Å²) in [5, 5.41) is 3.45. The fourth-order valence-electron chi connectivity index (χ4n) is 4.71. The van der Waals surface area contributed by atoms with E-state index in [0.717, 1.165) is 18.4 Å². The van der Waals surface area contributed by atoms with Crippen LogP contribution in [-0.4, -0.2) is 26.3 Å². The summed E-state index contributed by atoms with van der Waals surface area (Å²) in [6.45, 7) is 2.22. The number of ether oxygens (including phenoxy) is 1. The normalized spacial score (nSPS) is 46.7. The maximum absolute atomic E-state index is 5.87. The van der Waals surface area contributed by atoms with Crippen molar-refractivity contribution in [3.8, 4) is 0 Å². The Morgan fingerprint density at radius 1 is 1.31 bits per heavy atom. The SMILES string of the molecule is CNCC1(CC2CCCO2)CC2CCC1C2. The zero-order chi connectivity index (χ0) is 11.0. The molecule has 92 valence electrons. The lowest BCUT2D eigenvalue weighted by Crippen LogP contribution is -2.40. The Bertz CT molecular complexity index is 249. The van der Waals surface area contributed by atoms with Crippen molar-refractivity contribution in [2.45, 2.75) is 51.0 Å². The molecule has 4 atom stereocenters. The fourth-order valence-corrected chi connectivity index (χ4v) is 4.71. The molecule has 0 aromatic heterocycles. The molecule has 1 heterocycles. The number of nitrogens with one attached hydrogen (secondary N) is 1. The molecule has 2 nitrogen and oxygen atoms in total. The highest BCUT2D eigenvalue weighted by molar-refractivity contribution is 5.02. The largest absolute Gasteiger partial charge is 0.378 e. The van der Waals surface area contributed by atoms with Gasteiger partial charge in [-0.15, -0.1) is 0 Å². The van der Waals surface area contributed by atoms with Gasteiger partial charge in [0.1, 0.15) is 0 Å². The van der Waals surface area contributed by atoms with E-state index in [2.05, 4.69) is 12.4 Å². The highest BCUT2D eigenvalue weighted by Crippen LogP contribution is 2.58. The molecule has 4 unspecified atom stereocenters. The summed E-state index contributed by atoms with van der Waals surface area (Å²) >= 11 is 0. The summed E-state index contributed by atoms with van der Waals surface area (Å²) in [7, 11) is 2.11. The third kappa shape index (κ3) is 1.80. The molecule has 1 aliphatic heterocycles. The van der Waals surface area contributed by atoms with Crippen LogP contribution in [0.15, 0.2) is 0 Å². The molecule has 1 N–H and O–H groups in total. The summed E-state index contributed by atoms with van der Waals surface area (Å²) in [6, 6.07) is 0. The average Bonchev–Trinajstić information content (AvgIpc) is 2.93. The first-order chi connectivity index (χ1) is 7.82. The summed E-state index contributed by atoms with van der Waals surface area (Å²) in [5.74, 6) is 2.04. The van der Waals surface area contributed by atoms with E-state index in [1.54, 1.807) is 0 Å². The lowest BCUT2D eigenvalue weighted by atomic mass is 9.69. The van der Waals surface area contributed by atoms with Crippen molar-refractivity contribution in [2.24, 2.45) is 17.3 Å². The van der Waals surface area contributed by atoms with Gasteiger partial charge in [0.2, 0.25) is 0 Å². The smallest absolute Gasteiger partial charge is 0.0581 e. The molecule has 2 bridgehead atoms. The summed E-state index contributed by atoms with van der Waals surface area (Å²) in [4.78, 5) is 0. The minimum absolute atomic E-state index is 0.577. The molecule has 3 fully saturated rings. The first-order valence-corrected chi connectivity index (χ1v) is 7.09. The average molecular weight is 223 g/mol. The van der Waals surface area contributed by atoms with Crippen LogP contribution in [0.5, 0.6) is 0 Å². The lowest BCUT2D eigenvalue weighted by molar-refractivity contribution is 0.0348. The van der Waals surface area contributed by atoms with E-state index in [1.807, 2.05) is 0 Å². The zero-order valence-corrected chi connectivity index (χ0v) is 10.5. The Morgan fingerprint density at radius 2 is 2.25 bits per heavy atom. The van der Waals surface area contributed by atoms with E-state index >= 15 is 0 Å². The van der Waals surface area contributed by atoms with Crippen molar-refractivity contribution in [2.75, 3.05) is 20.2 Å². The van der Waals surface area contributed by atoms with Gasteiger partial charge in [0.05, 0.1) is 6.10 Å². The summed E-state index contributed by atoms with van der Waals surface area (Å²) in [5.41, 5.74) is 0.590. The van der Waals surface area contributed by atoms with Crippen molar-refractivity contribution >= 4 is 0 Å². The first kappa shape index (κ1) is 11.0. The molecule has 1 saturated heterocycles. The molecule has 2 heteroatoms. The molecule has 0 radical (unpaired) electrons. The second-order valence-electron chi connectivity index (χ2n) is 6.31. The van der Waals surface area contributed by atoms with Gasteiger partial charge in [-0.1, -0.05) is 6.42 Å². The van der Waals surface area contributed by atoms with Crippen LogP contribution in [0.1, 0.15) is 44.9 Å². The maximum Gasteiger partial charge on any atom is 0.0581 e. The standard InChI is InChI=1S/C14H25NO/c1-15-10-14(9-13-3-2-6-16-13)8-11-4-5-12(14)7-11/h11-13,15H,2-10H2,1H3. The third-order valence-corrected chi connectivity index (χ3v) is 5.29.